The van der Waals surface area contributed by atoms with Gasteiger partial charge in [0, 0.05) is 12.6 Å². The van der Waals surface area contributed by atoms with Crippen molar-refractivity contribution in [1.82, 2.24) is 19.5 Å². The number of rotatable bonds is 2. The summed E-state index contributed by atoms with van der Waals surface area (Å²) in [5, 5.41) is 0. The molecule has 7 nitrogen and oxygen atoms in total. The van der Waals surface area contributed by atoms with E-state index in [9.17, 15) is 18.8 Å². The van der Waals surface area contributed by atoms with E-state index in [-0.39, 0.29) is 22.4 Å². The van der Waals surface area contributed by atoms with Gasteiger partial charge in [-0.05, 0) is 18.2 Å². The molecule has 2 N–H and O–H groups in total. The number of aromatic nitrogens is 4. The minimum atomic E-state index is -0.708. The smallest absolute Gasteiger partial charge is 0.305 e. The van der Waals surface area contributed by atoms with E-state index in [1.54, 1.807) is 12.1 Å². The molecule has 0 amide bonds. The average Bonchev–Trinajstić information content (AvgIpc) is 2.52. The van der Waals surface area contributed by atoms with Gasteiger partial charge in [-0.3, -0.25) is 19.1 Å². The van der Waals surface area contributed by atoms with Crippen LogP contribution >= 0.6 is 0 Å². The molecule has 0 bridgehead atoms. The molecule has 3 aromatic rings. The minimum absolute atomic E-state index is 0.0202. The molecule has 0 unspecified atom stereocenters. The normalized spacial score (nSPS) is 11.4. The number of fused-ring (bicyclic) bond motifs is 1. The Bertz CT molecular complexity index is 1110. The Labute approximate surface area is 127 Å². The van der Waals surface area contributed by atoms with Crippen molar-refractivity contribution in [3.05, 3.63) is 72.5 Å². The number of aryl methyl sites for hydroxylation is 1. The summed E-state index contributed by atoms with van der Waals surface area (Å²) in [4.78, 5) is 43.8. The lowest BCUT2D eigenvalue weighted by Crippen LogP contribution is -2.31. The topological polar surface area (TPSA) is 101 Å². The second-order valence-electron chi connectivity index (χ2n) is 4.82. The number of hydrogen-bond donors (Lipinski definition) is 2. The highest BCUT2D eigenvalue weighted by molar-refractivity contribution is 5.73. The van der Waals surface area contributed by atoms with Gasteiger partial charge >= 0.3 is 5.69 Å². The van der Waals surface area contributed by atoms with Crippen molar-refractivity contribution in [3.8, 4) is 0 Å². The van der Waals surface area contributed by atoms with Gasteiger partial charge in [-0.2, -0.15) is 0 Å². The SMILES string of the molecule is Cn1c(=O)[nH]c(=O)c2nc(C=Cc3ccccc3F)c(=O)[nH]c21. The summed E-state index contributed by atoms with van der Waals surface area (Å²) in [6.07, 6.45) is 2.69. The zero-order valence-corrected chi connectivity index (χ0v) is 12.0. The van der Waals surface area contributed by atoms with Crippen LogP contribution in [-0.2, 0) is 7.05 Å². The predicted octanol–water partition coefficient (Wildman–Crippen LogP) is 0.620. The number of halogens is 1. The molecule has 0 aliphatic carbocycles. The molecular formula is C15H11FN4O3. The molecular weight excluding hydrogens is 303 g/mol. The minimum Gasteiger partial charge on any atom is -0.305 e. The van der Waals surface area contributed by atoms with E-state index in [0.29, 0.717) is 0 Å². The summed E-state index contributed by atoms with van der Waals surface area (Å²) in [5.41, 5.74) is -1.81. The number of nitrogens with zero attached hydrogens (tertiary/aromatic N) is 2. The largest absolute Gasteiger partial charge is 0.329 e. The van der Waals surface area contributed by atoms with Crippen molar-refractivity contribution in [1.29, 1.82) is 0 Å². The molecule has 1 aromatic carbocycles. The fraction of sp³-hybridized carbons (Fsp3) is 0.0667. The average molecular weight is 314 g/mol. The van der Waals surface area contributed by atoms with Crippen molar-refractivity contribution in [3.63, 3.8) is 0 Å². The molecule has 0 aliphatic heterocycles. The predicted molar refractivity (Wildman–Crippen MR) is 83.6 cm³/mol. The second kappa shape index (κ2) is 5.48. The van der Waals surface area contributed by atoms with Gasteiger partial charge in [0.2, 0.25) is 0 Å². The van der Waals surface area contributed by atoms with Crippen LogP contribution in [0.3, 0.4) is 0 Å². The van der Waals surface area contributed by atoms with Crippen LogP contribution < -0.4 is 16.8 Å². The van der Waals surface area contributed by atoms with Gasteiger partial charge in [-0.1, -0.05) is 18.2 Å². The summed E-state index contributed by atoms with van der Waals surface area (Å²) >= 11 is 0. The standard InChI is InChI=1S/C15H11FN4O3/c1-20-12-11(14(22)19-15(20)23)17-10(13(21)18-12)7-6-8-4-2-3-5-9(8)16/h2-7H,1H3,(H,18,21)(H,19,22,23). The van der Waals surface area contributed by atoms with Crippen molar-refractivity contribution < 1.29 is 4.39 Å². The number of benzene rings is 1. The number of H-pyrrole nitrogens is 2. The summed E-state index contributed by atoms with van der Waals surface area (Å²) < 4.78 is 14.6. The fourth-order valence-electron chi connectivity index (χ4n) is 2.09. The molecule has 0 fully saturated rings. The third-order valence-electron chi connectivity index (χ3n) is 3.32. The lowest BCUT2D eigenvalue weighted by molar-refractivity contribution is 0.625. The summed E-state index contributed by atoms with van der Waals surface area (Å²) in [7, 11) is 1.40. The number of hydrogen-bond acceptors (Lipinski definition) is 4. The Morgan fingerprint density at radius 1 is 1.09 bits per heavy atom. The Morgan fingerprint density at radius 3 is 2.57 bits per heavy atom. The highest BCUT2D eigenvalue weighted by atomic mass is 19.1. The molecule has 0 atom stereocenters. The quantitative estimate of drug-likeness (QED) is 0.724. The van der Waals surface area contributed by atoms with Crippen molar-refractivity contribution in [2.45, 2.75) is 0 Å². The van der Waals surface area contributed by atoms with Gasteiger partial charge < -0.3 is 4.98 Å². The van der Waals surface area contributed by atoms with Crippen molar-refractivity contribution in [2.24, 2.45) is 7.05 Å². The molecule has 0 aliphatic rings. The molecule has 116 valence electrons. The molecule has 2 aromatic heterocycles. The van der Waals surface area contributed by atoms with Crippen molar-refractivity contribution in [2.75, 3.05) is 0 Å². The van der Waals surface area contributed by atoms with Gasteiger partial charge in [-0.15, -0.1) is 0 Å². The maximum Gasteiger partial charge on any atom is 0.329 e. The monoisotopic (exact) mass is 314 g/mol. The molecule has 0 radical (unpaired) electrons. The number of nitrogens with one attached hydrogen (secondary N) is 2. The Kier molecular flexibility index (Phi) is 3.49. The molecule has 2 heterocycles. The van der Waals surface area contributed by atoms with Crippen LogP contribution in [0.2, 0.25) is 0 Å². The van der Waals surface area contributed by atoms with Crippen LogP contribution in [0.25, 0.3) is 23.3 Å². The van der Waals surface area contributed by atoms with E-state index in [2.05, 4.69) is 15.0 Å². The Hall–Kier alpha value is -3.29. The van der Waals surface area contributed by atoms with Crippen LogP contribution in [-0.4, -0.2) is 19.5 Å². The van der Waals surface area contributed by atoms with Crippen molar-refractivity contribution >= 4 is 23.3 Å². The van der Waals surface area contributed by atoms with Crippen LogP contribution in [0, 0.1) is 5.82 Å². The lowest BCUT2D eigenvalue weighted by atomic mass is 10.2. The van der Waals surface area contributed by atoms with Gasteiger partial charge in [0.25, 0.3) is 11.1 Å². The zero-order valence-electron chi connectivity index (χ0n) is 12.0. The van der Waals surface area contributed by atoms with Gasteiger partial charge in [0.05, 0.1) is 0 Å². The van der Waals surface area contributed by atoms with Gasteiger partial charge in [0.15, 0.2) is 5.52 Å². The lowest BCUT2D eigenvalue weighted by Gasteiger charge is -2.03. The first kappa shape index (κ1) is 14.6. The summed E-state index contributed by atoms with van der Waals surface area (Å²) in [5.74, 6) is -0.443. The molecule has 0 saturated heterocycles. The highest BCUT2D eigenvalue weighted by Gasteiger charge is 2.09. The Balaban J connectivity index is 2.18. The molecule has 0 spiro atoms. The summed E-state index contributed by atoms with van der Waals surface area (Å²) in [6.45, 7) is 0. The first-order chi connectivity index (χ1) is 11.0. The zero-order chi connectivity index (χ0) is 16.6. The fourth-order valence-corrected chi connectivity index (χ4v) is 2.09. The first-order valence-corrected chi connectivity index (χ1v) is 6.63. The second-order valence-corrected chi connectivity index (χ2v) is 4.82. The molecule has 8 heteroatoms. The first-order valence-electron chi connectivity index (χ1n) is 6.63. The van der Waals surface area contributed by atoms with Crippen LogP contribution in [0.1, 0.15) is 11.3 Å². The van der Waals surface area contributed by atoms with E-state index in [1.165, 1.54) is 31.3 Å². The van der Waals surface area contributed by atoms with E-state index in [1.807, 2.05) is 0 Å². The molecule has 23 heavy (non-hydrogen) atoms. The van der Waals surface area contributed by atoms with Gasteiger partial charge in [-0.25, -0.2) is 14.2 Å². The third kappa shape index (κ3) is 2.61. The Morgan fingerprint density at radius 2 is 1.83 bits per heavy atom. The van der Waals surface area contributed by atoms with E-state index >= 15 is 0 Å². The van der Waals surface area contributed by atoms with E-state index in [4.69, 9.17) is 0 Å². The number of aromatic amines is 2. The molecule has 3 rings (SSSR count). The van der Waals surface area contributed by atoms with Crippen LogP contribution in [0.4, 0.5) is 4.39 Å². The third-order valence-corrected chi connectivity index (χ3v) is 3.32. The maximum atomic E-state index is 13.6. The molecule has 0 saturated carbocycles. The maximum absolute atomic E-state index is 13.6. The van der Waals surface area contributed by atoms with Crippen LogP contribution in [0.5, 0.6) is 0 Å². The van der Waals surface area contributed by atoms with E-state index < -0.39 is 22.6 Å². The summed E-state index contributed by atoms with van der Waals surface area (Å²) in [6, 6.07) is 6.03. The van der Waals surface area contributed by atoms with E-state index in [0.717, 1.165) is 4.57 Å². The van der Waals surface area contributed by atoms with Crippen LogP contribution in [0.15, 0.2) is 38.6 Å². The highest BCUT2D eigenvalue weighted by Crippen LogP contribution is 2.10. The van der Waals surface area contributed by atoms with Gasteiger partial charge in [0.1, 0.15) is 17.2 Å².